The maximum absolute atomic E-state index is 5.69. The van der Waals surface area contributed by atoms with Crippen molar-refractivity contribution >= 4 is 10.9 Å². The van der Waals surface area contributed by atoms with Gasteiger partial charge in [0.15, 0.2) is 11.5 Å². The van der Waals surface area contributed by atoms with Crippen LogP contribution in [0.4, 0.5) is 0 Å². The van der Waals surface area contributed by atoms with E-state index in [1.54, 1.807) is 14.2 Å². The fourth-order valence-electron chi connectivity index (χ4n) is 3.88. The zero-order valence-corrected chi connectivity index (χ0v) is 14.3. The fourth-order valence-corrected chi connectivity index (χ4v) is 3.88. The lowest BCUT2D eigenvalue weighted by molar-refractivity contribution is 0.253. The highest BCUT2D eigenvalue weighted by Gasteiger charge is 2.32. The molecule has 1 aromatic heterocycles. The van der Waals surface area contributed by atoms with Gasteiger partial charge in [-0.05, 0) is 31.2 Å². The van der Waals surface area contributed by atoms with Gasteiger partial charge in [0.05, 0.1) is 20.3 Å². The summed E-state index contributed by atoms with van der Waals surface area (Å²) in [6.45, 7) is 1.01. The molecule has 0 bridgehead atoms. The van der Waals surface area contributed by atoms with Crippen LogP contribution >= 0.6 is 0 Å². The zero-order chi connectivity index (χ0) is 16.7. The van der Waals surface area contributed by atoms with Crippen molar-refractivity contribution in [1.29, 1.82) is 0 Å². The van der Waals surface area contributed by atoms with Crippen molar-refractivity contribution in [1.82, 2.24) is 9.88 Å². The third-order valence-electron chi connectivity index (χ3n) is 5.00. The number of H-pyrrole nitrogens is 1. The van der Waals surface area contributed by atoms with Crippen LogP contribution in [0, 0.1) is 0 Å². The number of aromatic amines is 1. The predicted molar refractivity (Wildman–Crippen MR) is 96.0 cm³/mol. The van der Waals surface area contributed by atoms with Crippen molar-refractivity contribution in [3.05, 3.63) is 59.3 Å². The summed E-state index contributed by atoms with van der Waals surface area (Å²) in [5, 5.41) is 1.33. The first kappa shape index (κ1) is 15.1. The monoisotopic (exact) mass is 322 g/mol. The van der Waals surface area contributed by atoms with Gasteiger partial charge >= 0.3 is 0 Å². The van der Waals surface area contributed by atoms with Crippen molar-refractivity contribution in [2.75, 3.05) is 27.8 Å². The molecule has 0 aliphatic carbocycles. The van der Waals surface area contributed by atoms with Crippen LogP contribution in [0.3, 0.4) is 0 Å². The summed E-state index contributed by atoms with van der Waals surface area (Å²) in [5.41, 5.74) is 5.01. The largest absolute Gasteiger partial charge is 0.493 e. The van der Waals surface area contributed by atoms with E-state index in [-0.39, 0.29) is 6.04 Å². The zero-order valence-electron chi connectivity index (χ0n) is 14.3. The Morgan fingerprint density at radius 2 is 1.88 bits per heavy atom. The Labute approximate surface area is 142 Å². The van der Waals surface area contributed by atoms with Crippen LogP contribution in [-0.2, 0) is 6.42 Å². The average molecular weight is 322 g/mol. The van der Waals surface area contributed by atoms with Gasteiger partial charge in [-0.15, -0.1) is 0 Å². The second-order valence-electron chi connectivity index (χ2n) is 6.28. The van der Waals surface area contributed by atoms with E-state index in [9.17, 15) is 0 Å². The molecule has 3 aromatic rings. The lowest BCUT2D eigenvalue weighted by Gasteiger charge is -2.34. The Morgan fingerprint density at radius 1 is 1.04 bits per heavy atom. The molecule has 0 spiro atoms. The van der Waals surface area contributed by atoms with E-state index in [0.29, 0.717) is 0 Å². The minimum absolute atomic E-state index is 0.131. The van der Waals surface area contributed by atoms with Crippen LogP contribution in [-0.4, -0.2) is 37.7 Å². The van der Waals surface area contributed by atoms with Gasteiger partial charge in [0.25, 0.3) is 0 Å². The maximum Gasteiger partial charge on any atom is 0.165 e. The van der Waals surface area contributed by atoms with E-state index in [1.165, 1.54) is 22.2 Å². The van der Waals surface area contributed by atoms with Crippen LogP contribution in [0.25, 0.3) is 10.9 Å². The second kappa shape index (κ2) is 5.87. The Balaban J connectivity index is 1.94. The molecule has 4 heteroatoms. The van der Waals surface area contributed by atoms with Gasteiger partial charge in [0, 0.05) is 28.7 Å². The van der Waals surface area contributed by atoms with E-state index in [4.69, 9.17) is 9.47 Å². The number of aromatic nitrogens is 1. The minimum atomic E-state index is 0.131. The summed E-state index contributed by atoms with van der Waals surface area (Å²) in [6.07, 6.45) is 1.05. The third kappa shape index (κ3) is 2.18. The standard InChI is InChI=1S/C20H22N2O2/c1-22-12-11-14-13-7-4-5-9-16(13)21-18(14)19(22)15-8-6-10-17(23-2)20(15)24-3/h4-10,19,21H,11-12H2,1-3H3/t19-/m0/s1. The molecule has 2 heterocycles. The third-order valence-corrected chi connectivity index (χ3v) is 5.00. The molecule has 124 valence electrons. The summed E-state index contributed by atoms with van der Waals surface area (Å²) in [6, 6.07) is 14.8. The lowest BCUT2D eigenvalue weighted by atomic mass is 9.92. The normalized spacial score (nSPS) is 17.7. The van der Waals surface area contributed by atoms with Crippen LogP contribution in [0.2, 0.25) is 0 Å². The van der Waals surface area contributed by atoms with Gasteiger partial charge in [0.2, 0.25) is 0 Å². The number of hydrogen-bond donors (Lipinski definition) is 1. The molecule has 4 nitrogen and oxygen atoms in total. The molecule has 24 heavy (non-hydrogen) atoms. The predicted octanol–water partition coefficient (Wildman–Crippen LogP) is 3.76. The van der Waals surface area contributed by atoms with Crippen LogP contribution < -0.4 is 9.47 Å². The SMILES string of the molecule is COc1cccc([C@H]2c3[nH]c4ccccc4c3CCN2C)c1OC. The first-order valence-corrected chi connectivity index (χ1v) is 8.25. The first-order valence-electron chi connectivity index (χ1n) is 8.25. The molecule has 0 saturated heterocycles. The maximum atomic E-state index is 5.69. The molecule has 1 aliphatic heterocycles. The first-order chi connectivity index (χ1) is 11.7. The quantitative estimate of drug-likeness (QED) is 0.798. The van der Waals surface area contributed by atoms with E-state index >= 15 is 0 Å². The molecular formula is C20H22N2O2. The number of rotatable bonds is 3. The smallest absolute Gasteiger partial charge is 0.165 e. The van der Waals surface area contributed by atoms with Gasteiger partial charge in [-0.2, -0.15) is 0 Å². The van der Waals surface area contributed by atoms with Crippen LogP contribution in [0.5, 0.6) is 11.5 Å². The Bertz CT molecular complexity index is 884. The molecule has 0 unspecified atom stereocenters. The number of methoxy groups -OCH3 is 2. The molecule has 2 aromatic carbocycles. The van der Waals surface area contributed by atoms with Gasteiger partial charge in [-0.3, -0.25) is 4.90 Å². The van der Waals surface area contributed by atoms with Crippen molar-refractivity contribution in [3.63, 3.8) is 0 Å². The lowest BCUT2D eigenvalue weighted by Crippen LogP contribution is -2.33. The van der Waals surface area contributed by atoms with E-state index in [2.05, 4.69) is 47.3 Å². The molecule has 1 atom stereocenters. The number of nitrogens with zero attached hydrogens (tertiary/aromatic N) is 1. The van der Waals surface area contributed by atoms with Crippen molar-refractivity contribution < 1.29 is 9.47 Å². The Kier molecular flexibility index (Phi) is 3.69. The Morgan fingerprint density at radius 3 is 2.67 bits per heavy atom. The topological polar surface area (TPSA) is 37.5 Å². The van der Waals surface area contributed by atoms with Gasteiger partial charge in [-0.1, -0.05) is 30.3 Å². The molecule has 0 fully saturated rings. The highest BCUT2D eigenvalue weighted by molar-refractivity contribution is 5.85. The molecule has 0 amide bonds. The number of likely N-dealkylation sites (N-methyl/N-ethyl adjacent to an activating group) is 1. The summed E-state index contributed by atoms with van der Waals surface area (Å²) >= 11 is 0. The Hall–Kier alpha value is -2.46. The number of nitrogens with one attached hydrogen (secondary N) is 1. The molecule has 1 N–H and O–H groups in total. The number of fused-ring (bicyclic) bond motifs is 3. The fraction of sp³-hybridized carbons (Fsp3) is 0.300. The molecule has 4 rings (SSSR count). The highest BCUT2D eigenvalue weighted by atomic mass is 16.5. The number of hydrogen-bond acceptors (Lipinski definition) is 3. The van der Waals surface area contributed by atoms with Gasteiger partial charge in [-0.25, -0.2) is 0 Å². The minimum Gasteiger partial charge on any atom is -0.493 e. The van der Waals surface area contributed by atoms with Crippen LogP contribution in [0.1, 0.15) is 22.9 Å². The average Bonchev–Trinajstić information content (AvgIpc) is 2.99. The van der Waals surface area contributed by atoms with Crippen molar-refractivity contribution in [3.8, 4) is 11.5 Å². The van der Waals surface area contributed by atoms with Gasteiger partial charge in [0.1, 0.15) is 0 Å². The highest BCUT2D eigenvalue weighted by Crippen LogP contribution is 2.43. The van der Waals surface area contributed by atoms with E-state index in [1.807, 2.05) is 12.1 Å². The number of para-hydroxylation sites is 2. The number of ether oxygens (including phenoxy) is 2. The molecular weight excluding hydrogens is 300 g/mol. The van der Waals surface area contributed by atoms with E-state index < -0.39 is 0 Å². The molecule has 1 aliphatic rings. The van der Waals surface area contributed by atoms with Crippen molar-refractivity contribution in [2.24, 2.45) is 0 Å². The summed E-state index contributed by atoms with van der Waals surface area (Å²) < 4.78 is 11.2. The summed E-state index contributed by atoms with van der Waals surface area (Å²) in [7, 11) is 5.55. The van der Waals surface area contributed by atoms with Crippen LogP contribution in [0.15, 0.2) is 42.5 Å². The summed E-state index contributed by atoms with van der Waals surface area (Å²) in [5.74, 6) is 1.58. The van der Waals surface area contributed by atoms with Crippen molar-refractivity contribution in [2.45, 2.75) is 12.5 Å². The van der Waals surface area contributed by atoms with Gasteiger partial charge < -0.3 is 14.5 Å². The number of benzene rings is 2. The molecule has 0 saturated carbocycles. The summed E-state index contributed by atoms with van der Waals surface area (Å²) in [4.78, 5) is 6.02. The van der Waals surface area contributed by atoms with E-state index in [0.717, 1.165) is 30.0 Å². The second-order valence-corrected chi connectivity index (χ2v) is 6.28. The molecule has 0 radical (unpaired) electrons.